The van der Waals surface area contributed by atoms with E-state index in [9.17, 15) is 19.2 Å². The third-order valence-corrected chi connectivity index (χ3v) is 11.3. The number of rotatable bonds is 27. The lowest BCUT2D eigenvalue weighted by Gasteiger charge is -2.32. The normalized spacial score (nSPS) is 12.9. The van der Waals surface area contributed by atoms with Crippen molar-refractivity contribution in [2.24, 2.45) is 11.1 Å². The number of nitrogens with two attached hydrogens (primary N) is 1. The van der Waals surface area contributed by atoms with Crippen molar-refractivity contribution in [1.29, 1.82) is 0 Å². The lowest BCUT2D eigenvalue weighted by Crippen LogP contribution is -2.54. The highest BCUT2D eigenvalue weighted by atomic mass is 33.1. The predicted molar refractivity (Wildman–Crippen MR) is 227 cm³/mol. The Morgan fingerprint density at radius 3 is 1.93 bits per heavy atom. The fraction of sp³-hybridized carbons (Fsp3) is 0.610. The van der Waals surface area contributed by atoms with Crippen molar-refractivity contribution in [3.63, 3.8) is 0 Å². The summed E-state index contributed by atoms with van der Waals surface area (Å²) in [6.45, 7) is 19.6. The number of hydrogen-bond donors (Lipinski definition) is 7. The molecule has 0 aromatic heterocycles. The molecule has 0 saturated carbocycles. The second kappa shape index (κ2) is 25.3. The average Bonchev–Trinajstić information content (AvgIpc) is 3.13. The molecule has 0 aliphatic rings. The standard InChI is InChI=1S/C41H67N7O4S2/c1-28(2)32-23-33(29(3)4)25-34(24-32)39(51)45-18-20-53-54-21-19-46-40(52)36(26-37(49)44-17-16-43-15-14-42)47-27-41(7,8)38(50)35(48-30(5)6)22-31-12-10-9-11-13-31/h9-13,23-25,28-30,35-36,43,47-48H,14-22,26-27,42H2,1-8H3,(H,44,49)(H,45,51)(H,46,52)/t35-,36-/m0/s1. The number of hydrogen-bond acceptors (Lipinski definition) is 10. The van der Waals surface area contributed by atoms with E-state index in [1.165, 1.54) is 0 Å². The number of amides is 3. The van der Waals surface area contributed by atoms with Gasteiger partial charge in [0.15, 0.2) is 5.78 Å². The lowest BCUT2D eigenvalue weighted by atomic mass is 9.81. The summed E-state index contributed by atoms with van der Waals surface area (Å²) >= 11 is 0. The van der Waals surface area contributed by atoms with Gasteiger partial charge in [-0.05, 0) is 47.1 Å². The maximum atomic E-state index is 13.9. The van der Waals surface area contributed by atoms with Crippen LogP contribution in [0.3, 0.4) is 0 Å². The quantitative estimate of drug-likeness (QED) is 0.0511. The minimum absolute atomic E-state index is 0.0381. The summed E-state index contributed by atoms with van der Waals surface area (Å²) in [6, 6.07) is 14.9. The van der Waals surface area contributed by atoms with Gasteiger partial charge in [0.2, 0.25) is 11.8 Å². The van der Waals surface area contributed by atoms with E-state index in [1.54, 1.807) is 21.6 Å². The molecule has 54 heavy (non-hydrogen) atoms. The molecule has 3 amide bonds. The zero-order valence-corrected chi connectivity index (χ0v) is 35.4. The van der Waals surface area contributed by atoms with Gasteiger partial charge in [-0.2, -0.15) is 0 Å². The topological polar surface area (TPSA) is 166 Å². The summed E-state index contributed by atoms with van der Waals surface area (Å²) in [6.07, 6.45) is 0.490. The first-order valence-electron chi connectivity index (χ1n) is 19.3. The minimum atomic E-state index is -0.821. The highest BCUT2D eigenvalue weighted by Crippen LogP contribution is 2.24. The first kappa shape index (κ1) is 47.2. The van der Waals surface area contributed by atoms with Crippen LogP contribution in [0.1, 0.15) is 101 Å². The van der Waals surface area contributed by atoms with Crippen molar-refractivity contribution in [3.05, 3.63) is 70.8 Å². The number of ketones is 1. The molecule has 8 N–H and O–H groups in total. The van der Waals surface area contributed by atoms with Crippen molar-refractivity contribution >= 4 is 45.1 Å². The molecular weight excluding hydrogens is 719 g/mol. The lowest BCUT2D eigenvalue weighted by molar-refractivity contribution is -0.131. The Hall–Kier alpha value is -2.94. The van der Waals surface area contributed by atoms with Crippen LogP contribution in [-0.4, -0.2) is 98.9 Å². The number of benzene rings is 2. The van der Waals surface area contributed by atoms with Gasteiger partial charge in [-0.15, -0.1) is 0 Å². The zero-order valence-electron chi connectivity index (χ0n) is 33.8. The minimum Gasteiger partial charge on any atom is -0.355 e. The van der Waals surface area contributed by atoms with Crippen molar-refractivity contribution in [2.45, 2.75) is 98.2 Å². The summed E-state index contributed by atoms with van der Waals surface area (Å²) in [5.74, 6) is 1.46. The van der Waals surface area contributed by atoms with Crippen LogP contribution < -0.4 is 37.6 Å². The maximum absolute atomic E-state index is 13.9. The third kappa shape index (κ3) is 18.1. The molecule has 0 unspecified atom stereocenters. The molecule has 0 radical (unpaired) electrons. The van der Waals surface area contributed by atoms with Crippen LogP contribution in [0.25, 0.3) is 0 Å². The monoisotopic (exact) mass is 785 g/mol. The molecule has 2 rings (SSSR count). The fourth-order valence-electron chi connectivity index (χ4n) is 5.69. The number of Topliss-reactive ketones (excluding diaryl/α,β-unsaturated/α-hetero) is 1. The van der Waals surface area contributed by atoms with E-state index in [0.29, 0.717) is 68.8 Å². The van der Waals surface area contributed by atoms with Crippen molar-refractivity contribution in [3.8, 4) is 0 Å². The Labute approximate surface area is 332 Å². The Bertz CT molecular complexity index is 1410. The van der Waals surface area contributed by atoms with E-state index in [4.69, 9.17) is 5.73 Å². The molecule has 0 spiro atoms. The fourth-order valence-corrected chi connectivity index (χ4v) is 7.50. The molecule has 302 valence electrons. The van der Waals surface area contributed by atoms with E-state index >= 15 is 0 Å². The van der Waals surface area contributed by atoms with Crippen LogP contribution >= 0.6 is 21.6 Å². The van der Waals surface area contributed by atoms with Crippen LogP contribution in [0.5, 0.6) is 0 Å². The van der Waals surface area contributed by atoms with Crippen molar-refractivity contribution < 1.29 is 19.2 Å². The SMILES string of the molecule is CC(C)N[C@@H](Cc1ccccc1)C(=O)C(C)(C)CN[C@@H](CC(=O)NCCNCCN)C(=O)NCCSSCCNC(=O)c1cc(C(C)C)cc(C(C)C)c1. The van der Waals surface area contributed by atoms with Gasteiger partial charge in [-0.3, -0.25) is 19.2 Å². The largest absolute Gasteiger partial charge is 0.355 e. The van der Waals surface area contributed by atoms with Crippen molar-refractivity contribution in [1.82, 2.24) is 31.9 Å². The predicted octanol–water partition coefficient (Wildman–Crippen LogP) is 4.38. The Balaban J connectivity index is 1.92. The summed E-state index contributed by atoms with van der Waals surface area (Å²) in [7, 11) is 3.24. The third-order valence-electron chi connectivity index (χ3n) is 8.85. The van der Waals surface area contributed by atoms with E-state index in [-0.39, 0.29) is 42.5 Å². The first-order valence-corrected chi connectivity index (χ1v) is 21.8. The molecule has 2 atom stereocenters. The van der Waals surface area contributed by atoms with Gasteiger partial charge in [0.25, 0.3) is 5.91 Å². The van der Waals surface area contributed by atoms with Crippen LogP contribution in [0.4, 0.5) is 0 Å². The molecule has 0 aliphatic heterocycles. The van der Waals surface area contributed by atoms with Crippen LogP contribution in [0, 0.1) is 5.41 Å². The van der Waals surface area contributed by atoms with Gasteiger partial charge < -0.3 is 37.6 Å². The molecule has 0 fully saturated rings. The highest BCUT2D eigenvalue weighted by Gasteiger charge is 2.35. The second-order valence-corrected chi connectivity index (χ2v) is 17.9. The van der Waals surface area contributed by atoms with E-state index in [1.807, 2.05) is 70.2 Å². The van der Waals surface area contributed by atoms with E-state index in [0.717, 1.165) is 22.4 Å². The van der Waals surface area contributed by atoms with Crippen molar-refractivity contribution in [2.75, 3.05) is 57.3 Å². The molecule has 0 heterocycles. The number of carbonyl (C=O) groups excluding carboxylic acids is 4. The first-order chi connectivity index (χ1) is 25.6. The van der Waals surface area contributed by atoms with E-state index < -0.39 is 17.5 Å². The number of carbonyl (C=O) groups is 4. The Morgan fingerprint density at radius 1 is 0.741 bits per heavy atom. The molecule has 13 heteroatoms. The van der Waals surface area contributed by atoms with Gasteiger partial charge >= 0.3 is 0 Å². The van der Waals surface area contributed by atoms with Gasteiger partial charge in [-0.25, -0.2) is 0 Å². The summed E-state index contributed by atoms with van der Waals surface area (Å²) in [5, 5.41) is 18.7. The molecule has 2 aromatic rings. The molecule has 2 aromatic carbocycles. The maximum Gasteiger partial charge on any atom is 0.251 e. The highest BCUT2D eigenvalue weighted by molar-refractivity contribution is 8.76. The molecular formula is C41H67N7O4S2. The smallest absolute Gasteiger partial charge is 0.251 e. The average molecular weight is 786 g/mol. The summed E-state index contributed by atoms with van der Waals surface area (Å²) < 4.78 is 0. The molecule has 0 aliphatic carbocycles. The molecule has 11 nitrogen and oxygen atoms in total. The van der Waals surface area contributed by atoms with Crippen LogP contribution in [0.2, 0.25) is 0 Å². The van der Waals surface area contributed by atoms with Gasteiger partial charge in [0.1, 0.15) is 0 Å². The van der Waals surface area contributed by atoms with Crippen LogP contribution in [0.15, 0.2) is 48.5 Å². The van der Waals surface area contributed by atoms with E-state index in [2.05, 4.69) is 65.7 Å². The molecule has 0 saturated heterocycles. The van der Waals surface area contributed by atoms with Gasteiger partial charge in [0.05, 0.1) is 18.5 Å². The summed E-state index contributed by atoms with van der Waals surface area (Å²) in [5.41, 5.74) is 8.79. The summed E-state index contributed by atoms with van der Waals surface area (Å²) in [4.78, 5) is 53.2. The van der Waals surface area contributed by atoms with Gasteiger partial charge in [-0.1, -0.05) is 113 Å². The van der Waals surface area contributed by atoms with Crippen LogP contribution in [-0.2, 0) is 20.8 Å². The zero-order chi connectivity index (χ0) is 40.1. The number of nitrogens with one attached hydrogen (secondary N) is 6. The second-order valence-electron chi connectivity index (χ2n) is 15.2. The Kier molecular flexibility index (Phi) is 22.1. The van der Waals surface area contributed by atoms with Gasteiger partial charge in [0, 0.05) is 74.3 Å². The Morgan fingerprint density at radius 2 is 1.35 bits per heavy atom. The molecule has 0 bridgehead atoms.